The fraction of sp³-hybridized carbons (Fsp3) is 0.444. The van der Waals surface area contributed by atoms with Gasteiger partial charge < -0.3 is 4.90 Å². The van der Waals surface area contributed by atoms with Crippen molar-refractivity contribution in [3.63, 3.8) is 0 Å². The number of aryl methyl sites for hydroxylation is 1. The highest BCUT2D eigenvalue weighted by molar-refractivity contribution is 7.89. The van der Waals surface area contributed by atoms with E-state index in [4.69, 9.17) is 0 Å². The molecule has 0 bridgehead atoms. The van der Waals surface area contributed by atoms with Crippen LogP contribution in [-0.4, -0.2) is 42.0 Å². The minimum atomic E-state index is -3.61. The van der Waals surface area contributed by atoms with Gasteiger partial charge in [0.05, 0.1) is 11.1 Å². The zero-order chi connectivity index (χ0) is 18.9. The Kier molecular flexibility index (Phi) is 5.15. The van der Waals surface area contributed by atoms with Crippen LogP contribution in [0.1, 0.15) is 31.0 Å². The first-order chi connectivity index (χ1) is 12.3. The molecule has 1 fully saturated rings. The van der Waals surface area contributed by atoms with Crippen molar-refractivity contribution in [3.8, 4) is 0 Å². The van der Waals surface area contributed by atoms with Crippen molar-refractivity contribution in [2.24, 2.45) is 0 Å². The van der Waals surface area contributed by atoms with Crippen molar-refractivity contribution >= 4 is 21.6 Å². The first-order valence-electron chi connectivity index (χ1n) is 8.72. The van der Waals surface area contributed by atoms with Gasteiger partial charge in [-0.15, -0.1) is 0 Å². The highest BCUT2D eigenvalue weighted by Gasteiger charge is 2.25. The number of benzene rings is 1. The Bertz CT molecular complexity index is 903. The van der Waals surface area contributed by atoms with Gasteiger partial charge in [-0.25, -0.2) is 8.42 Å². The number of amides is 1. The number of anilines is 1. The van der Waals surface area contributed by atoms with Gasteiger partial charge in [0.25, 0.3) is 0 Å². The number of sulfonamides is 1. The molecule has 0 saturated carbocycles. The third-order valence-corrected chi connectivity index (χ3v) is 6.64. The molecule has 0 atom stereocenters. The van der Waals surface area contributed by atoms with E-state index >= 15 is 0 Å². The summed E-state index contributed by atoms with van der Waals surface area (Å²) in [4.78, 5) is 13.7. The van der Waals surface area contributed by atoms with Crippen LogP contribution in [0.15, 0.2) is 35.4 Å². The minimum Gasteiger partial charge on any atom is -0.312 e. The quantitative estimate of drug-likeness (QED) is 0.774. The number of carbonyl (C=O) groups is 1. The summed E-state index contributed by atoms with van der Waals surface area (Å²) in [5, 5.41) is 4.26. The first kappa shape index (κ1) is 18.6. The second-order valence-electron chi connectivity index (χ2n) is 6.47. The molecule has 1 aliphatic heterocycles. The van der Waals surface area contributed by atoms with Gasteiger partial charge in [0.15, 0.2) is 0 Å². The number of rotatable bonds is 6. The van der Waals surface area contributed by atoms with Crippen LogP contribution in [0.4, 0.5) is 5.69 Å². The van der Waals surface area contributed by atoms with E-state index in [1.807, 2.05) is 18.5 Å². The van der Waals surface area contributed by atoms with Crippen LogP contribution in [0.3, 0.4) is 0 Å². The van der Waals surface area contributed by atoms with Crippen molar-refractivity contribution in [2.75, 3.05) is 18.5 Å². The monoisotopic (exact) mass is 376 g/mol. The summed E-state index contributed by atoms with van der Waals surface area (Å²) < 4.78 is 28.8. The van der Waals surface area contributed by atoms with Gasteiger partial charge in [0.2, 0.25) is 15.9 Å². The molecule has 1 aliphatic rings. The molecule has 140 valence electrons. The summed E-state index contributed by atoms with van der Waals surface area (Å²) >= 11 is 0. The van der Waals surface area contributed by atoms with E-state index in [2.05, 4.69) is 5.10 Å². The maximum atomic E-state index is 12.8. The van der Waals surface area contributed by atoms with Crippen molar-refractivity contribution in [1.82, 2.24) is 14.1 Å². The van der Waals surface area contributed by atoms with Crippen molar-refractivity contribution in [1.29, 1.82) is 0 Å². The number of carbonyl (C=O) groups excluding carboxylic acids is 1. The smallest absolute Gasteiger partial charge is 0.243 e. The Hall–Kier alpha value is -2.19. The predicted octanol–water partition coefficient (Wildman–Crippen LogP) is 2.16. The van der Waals surface area contributed by atoms with Crippen LogP contribution in [0, 0.1) is 6.92 Å². The maximum absolute atomic E-state index is 12.8. The molecule has 0 spiro atoms. The lowest BCUT2D eigenvalue weighted by Crippen LogP contribution is -2.27. The molecular weight excluding hydrogens is 352 g/mol. The van der Waals surface area contributed by atoms with Gasteiger partial charge in [-0.2, -0.15) is 9.40 Å². The van der Waals surface area contributed by atoms with E-state index in [1.165, 1.54) is 4.31 Å². The molecule has 0 radical (unpaired) electrons. The van der Waals surface area contributed by atoms with Crippen LogP contribution in [-0.2, 0) is 27.9 Å². The fourth-order valence-electron chi connectivity index (χ4n) is 3.18. The van der Waals surface area contributed by atoms with Crippen molar-refractivity contribution < 1.29 is 13.2 Å². The summed E-state index contributed by atoms with van der Waals surface area (Å²) in [5.41, 5.74) is 2.60. The lowest BCUT2D eigenvalue weighted by molar-refractivity contribution is -0.117. The predicted molar refractivity (Wildman–Crippen MR) is 99.3 cm³/mol. The van der Waals surface area contributed by atoms with E-state index < -0.39 is 10.0 Å². The van der Waals surface area contributed by atoms with Crippen LogP contribution in [0.2, 0.25) is 0 Å². The lowest BCUT2D eigenvalue weighted by atomic mass is 10.2. The Balaban J connectivity index is 1.78. The average Bonchev–Trinajstić information content (AvgIpc) is 3.21. The highest BCUT2D eigenvalue weighted by Crippen LogP contribution is 2.24. The van der Waals surface area contributed by atoms with E-state index in [1.54, 1.807) is 42.4 Å². The van der Waals surface area contributed by atoms with Crippen LogP contribution < -0.4 is 4.90 Å². The van der Waals surface area contributed by atoms with E-state index in [0.29, 0.717) is 13.0 Å². The number of hydrogen-bond donors (Lipinski definition) is 0. The van der Waals surface area contributed by atoms with E-state index in [-0.39, 0.29) is 17.3 Å². The van der Waals surface area contributed by atoms with Gasteiger partial charge in [0.1, 0.15) is 0 Å². The molecule has 2 aromatic rings. The summed E-state index contributed by atoms with van der Waals surface area (Å²) in [6.07, 6.45) is 3.10. The fourth-order valence-corrected chi connectivity index (χ4v) is 4.33. The van der Waals surface area contributed by atoms with Gasteiger partial charge in [0, 0.05) is 50.0 Å². The molecule has 3 rings (SSSR count). The molecular formula is C18H24N4O3S. The summed E-state index contributed by atoms with van der Waals surface area (Å²) in [5.74, 6) is 0.0844. The Labute approximate surface area is 154 Å². The maximum Gasteiger partial charge on any atom is 0.243 e. The van der Waals surface area contributed by atoms with Crippen LogP contribution in [0.25, 0.3) is 0 Å². The van der Waals surface area contributed by atoms with Crippen molar-refractivity contribution in [3.05, 3.63) is 41.7 Å². The molecule has 0 aliphatic carbocycles. The van der Waals surface area contributed by atoms with Gasteiger partial charge >= 0.3 is 0 Å². The first-order valence-corrected chi connectivity index (χ1v) is 10.2. The second kappa shape index (κ2) is 7.20. The molecule has 0 unspecified atom stereocenters. The average molecular weight is 376 g/mol. The molecule has 0 N–H and O–H groups in total. The second-order valence-corrected chi connectivity index (χ2v) is 8.52. The van der Waals surface area contributed by atoms with Gasteiger partial charge in [-0.05, 0) is 44.5 Å². The van der Waals surface area contributed by atoms with Crippen LogP contribution in [0.5, 0.6) is 0 Å². The molecule has 8 heteroatoms. The highest BCUT2D eigenvalue weighted by atomic mass is 32.2. The lowest BCUT2D eigenvalue weighted by Gasteiger charge is -2.19. The zero-order valence-corrected chi connectivity index (χ0v) is 16.2. The Morgan fingerprint density at radius 2 is 1.92 bits per heavy atom. The summed E-state index contributed by atoms with van der Waals surface area (Å²) in [6, 6.07) is 6.53. The van der Waals surface area contributed by atoms with Gasteiger partial charge in [-0.1, -0.05) is 0 Å². The van der Waals surface area contributed by atoms with E-state index in [0.717, 1.165) is 29.9 Å². The van der Waals surface area contributed by atoms with E-state index in [9.17, 15) is 13.2 Å². The molecule has 1 amide bonds. The van der Waals surface area contributed by atoms with Crippen LogP contribution >= 0.6 is 0 Å². The Morgan fingerprint density at radius 3 is 2.46 bits per heavy atom. The zero-order valence-electron chi connectivity index (χ0n) is 15.3. The molecule has 1 aromatic heterocycles. The Morgan fingerprint density at radius 1 is 1.23 bits per heavy atom. The SMILES string of the molecule is CCn1ncc(CN(C)S(=O)(=O)c2ccc(N3CCCC3=O)cc2)c1C. The minimum absolute atomic E-state index is 0.0844. The molecule has 2 heterocycles. The molecule has 26 heavy (non-hydrogen) atoms. The number of nitrogens with zero attached hydrogens (tertiary/aromatic N) is 4. The molecule has 1 aromatic carbocycles. The largest absolute Gasteiger partial charge is 0.312 e. The number of aromatic nitrogens is 2. The molecule has 7 nitrogen and oxygen atoms in total. The molecule has 1 saturated heterocycles. The standard InChI is InChI=1S/C18H24N4O3S/c1-4-22-14(2)15(12-19-22)13-20(3)26(24,25)17-9-7-16(8-10-17)21-11-5-6-18(21)23/h7-10,12H,4-6,11,13H2,1-3H3. The summed E-state index contributed by atoms with van der Waals surface area (Å²) in [6.45, 7) is 5.64. The number of hydrogen-bond acceptors (Lipinski definition) is 4. The third kappa shape index (κ3) is 3.39. The normalized spacial score (nSPS) is 15.2. The van der Waals surface area contributed by atoms with Gasteiger partial charge in [-0.3, -0.25) is 9.48 Å². The summed E-state index contributed by atoms with van der Waals surface area (Å²) in [7, 11) is -2.05. The van der Waals surface area contributed by atoms with Crippen molar-refractivity contribution in [2.45, 2.75) is 44.7 Å². The third-order valence-electron chi connectivity index (χ3n) is 4.83. The topological polar surface area (TPSA) is 75.5 Å².